The molecule has 28 nitrogen and oxygen atoms in total. The maximum atomic E-state index is 12.2. The average molecular weight is 1930 g/mol. The van der Waals surface area contributed by atoms with E-state index in [-0.39, 0.29) is 78.3 Å². The van der Waals surface area contributed by atoms with Crippen molar-refractivity contribution < 1.29 is 136 Å². The summed E-state index contributed by atoms with van der Waals surface area (Å²) in [5, 5.41) is 48.3. The highest BCUT2D eigenvalue weighted by molar-refractivity contribution is 6.70. The van der Waals surface area contributed by atoms with Gasteiger partial charge in [0.05, 0.1) is 55.6 Å². The van der Waals surface area contributed by atoms with Crippen LogP contribution in [-0.2, 0) is 0 Å². The zero-order valence-electron chi connectivity index (χ0n) is 68.6. The molecule has 134 heavy (non-hydrogen) atoms. The van der Waals surface area contributed by atoms with Crippen molar-refractivity contribution in [3.8, 4) is 46.0 Å². The molecule has 0 aliphatic heterocycles. The SMILES string of the molecule is O=C(Cl)c1ccc(C(=O)Cl)c(Oc2ccccc2)c1.O=C(Cl)c1ccc(C(=O)Cl)cc1.O=C(Cl)c1cccc(C(=O)Cl)c1.O=C(O)c1ccc(C(=O)O)c(Oc2ccccc2)c1.O=C(O)c1ccc(C(=O)O)cc1.O=C(O)c1cccc(C(=O)O)c1.O=C(Oc1ccccc1)c1ccc(C(=O)Oc2ccccc2)cc1.O=C(Oc1ccccc1)c1cccc(C(=O)Oc2ccccc2)c1. The molecule has 0 amide bonds. The fourth-order valence-corrected chi connectivity index (χ4v) is 11.0. The Hall–Kier alpha value is -16.9. The van der Waals surface area contributed by atoms with E-state index in [0.717, 1.165) is 6.07 Å². The molecule has 14 rings (SSSR count). The Morgan fingerprint density at radius 2 is 0.366 bits per heavy atom. The van der Waals surface area contributed by atoms with Crippen LogP contribution in [0.2, 0.25) is 0 Å². The summed E-state index contributed by atoms with van der Waals surface area (Å²) in [4.78, 5) is 177. The van der Waals surface area contributed by atoms with E-state index in [4.69, 9.17) is 129 Å². The molecule has 0 radical (unpaired) electrons. The van der Waals surface area contributed by atoms with E-state index in [2.05, 4.69) is 0 Å². The van der Waals surface area contributed by atoms with E-state index in [0.29, 0.717) is 56.8 Å². The van der Waals surface area contributed by atoms with Crippen molar-refractivity contribution in [2.45, 2.75) is 0 Å². The first kappa shape index (κ1) is 104. The Labute approximate surface area is 790 Å². The van der Waals surface area contributed by atoms with Gasteiger partial charge in [0.15, 0.2) is 0 Å². The fourth-order valence-electron chi connectivity index (χ4n) is 10.2. The Balaban J connectivity index is 0.000000212. The number of hydrogen-bond acceptors (Lipinski definition) is 22. The number of rotatable bonds is 24. The summed E-state index contributed by atoms with van der Waals surface area (Å²) in [5.74, 6) is -5.75. The third-order valence-corrected chi connectivity index (χ3v) is 18.0. The number of para-hydroxylation sites is 6. The molecule has 0 unspecified atom stereocenters. The van der Waals surface area contributed by atoms with E-state index in [1.54, 1.807) is 176 Å². The van der Waals surface area contributed by atoms with Gasteiger partial charge in [-0.3, -0.25) is 28.8 Å². The molecule has 0 aliphatic carbocycles. The molecule has 0 aliphatic rings. The summed E-state index contributed by atoms with van der Waals surface area (Å²) in [5.41, 5.74) is 2.91. The van der Waals surface area contributed by atoms with Gasteiger partial charge in [0.25, 0.3) is 31.5 Å². The second-order valence-electron chi connectivity index (χ2n) is 26.0. The van der Waals surface area contributed by atoms with Crippen LogP contribution in [0.5, 0.6) is 46.0 Å². The van der Waals surface area contributed by atoms with Crippen molar-refractivity contribution in [1.29, 1.82) is 0 Å². The van der Waals surface area contributed by atoms with Gasteiger partial charge in [0, 0.05) is 27.8 Å². The van der Waals surface area contributed by atoms with E-state index < -0.39 is 91.1 Å². The van der Waals surface area contributed by atoms with Crippen molar-refractivity contribution in [3.05, 3.63) is 453 Å². The van der Waals surface area contributed by atoms with Crippen molar-refractivity contribution in [2.75, 3.05) is 0 Å². The quantitative estimate of drug-likeness (QED) is 0.0186. The highest BCUT2D eigenvalue weighted by Gasteiger charge is 2.20. The maximum Gasteiger partial charge on any atom is 0.343 e. The highest BCUT2D eigenvalue weighted by atomic mass is 35.5. The van der Waals surface area contributed by atoms with Crippen molar-refractivity contribution >= 4 is 161 Å². The maximum absolute atomic E-state index is 12.2. The lowest BCUT2D eigenvalue weighted by molar-refractivity contribution is 0.0678. The van der Waals surface area contributed by atoms with Crippen LogP contribution in [0.1, 0.15) is 166 Å². The van der Waals surface area contributed by atoms with Gasteiger partial charge in [0.2, 0.25) is 0 Å². The Kier molecular flexibility index (Phi) is 41.9. The number of halogens is 6. The Morgan fingerprint density at radius 3 is 0.649 bits per heavy atom. The minimum absolute atomic E-state index is 0.00130. The largest absolute Gasteiger partial charge is 0.478 e. The molecule has 14 aromatic rings. The molecular formula is C100H66Cl6O28. The van der Waals surface area contributed by atoms with E-state index in [1.807, 2.05) is 30.3 Å². The van der Waals surface area contributed by atoms with Crippen LogP contribution in [0, 0.1) is 0 Å². The molecule has 676 valence electrons. The van der Waals surface area contributed by atoms with Gasteiger partial charge in [-0.1, -0.05) is 140 Å². The van der Waals surface area contributed by atoms with Crippen LogP contribution in [0.4, 0.5) is 0 Å². The van der Waals surface area contributed by atoms with Crippen LogP contribution >= 0.6 is 69.6 Å². The average Bonchev–Trinajstić information content (AvgIpc) is 0.835. The zero-order chi connectivity index (χ0) is 97.8. The molecule has 6 N–H and O–H groups in total. The third-order valence-electron chi connectivity index (χ3n) is 16.7. The number of carbonyl (C=O) groups is 16. The summed E-state index contributed by atoms with van der Waals surface area (Å²) in [7, 11) is 0. The number of carboxylic acid groups (broad SMARTS) is 6. The first-order valence-electron chi connectivity index (χ1n) is 38.1. The lowest BCUT2D eigenvalue weighted by atomic mass is 10.1. The number of benzene rings is 14. The summed E-state index contributed by atoms with van der Waals surface area (Å²) >= 11 is 31.6. The zero-order valence-corrected chi connectivity index (χ0v) is 73.1. The molecule has 0 spiro atoms. The van der Waals surface area contributed by atoms with Crippen molar-refractivity contribution in [3.63, 3.8) is 0 Å². The monoisotopic (exact) mass is 1920 g/mol. The van der Waals surface area contributed by atoms with Gasteiger partial charge in [0.1, 0.15) is 51.6 Å². The second kappa shape index (κ2) is 53.8. The molecule has 0 fully saturated rings. The molecule has 14 aromatic carbocycles. The van der Waals surface area contributed by atoms with E-state index >= 15 is 0 Å². The molecule has 0 atom stereocenters. The number of aromatic carboxylic acids is 6. The predicted octanol–water partition coefficient (Wildman–Crippen LogP) is 22.4. The highest BCUT2D eigenvalue weighted by Crippen LogP contribution is 2.31. The van der Waals surface area contributed by atoms with Gasteiger partial charge in [-0.25, -0.2) is 47.9 Å². The summed E-state index contributed by atoms with van der Waals surface area (Å²) in [6.45, 7) is 0. The number of carbonyl (C=O) groups excluding carboxylic acids is 10. The van der Waals surface area contributed by atoms with Crippen LogP contribution < -0.4 is 28.4 Å². The summed E-state index contributed by atoms with van der Waals surface area (Å²) in [6, 6.07) is 94.7. The molecular weight excluding hydrogens is 1860 g/mol. The summed E-state index contributed by atoms with van der Waals surface area (Å²) < 4.78 is 32.0. The summed E-state index contributed by atoms with van der Waals surface area (Å²) in [6.07, 6.45) is 0. The van der Waals surface area contributed by atoms with Crippen molar-refractivity contribution in [2.24, 2.45) is 0 Å². The fraction of sp³-hybridized carbons (Fsp3) is 0. The lowest BCUT2D eigenvalue weighted by Gasteiger charge is -2.09. The second-order valence-corrected chi connectivity index (χ2v) is 28.1. The normalized spacial score (nSPS) is 9.78. The standard InChI is InChI=1S/2C20H14O4.C14H8Cl2O3.C14H10O5.2C8H4Cl2O2.2C8H6O4/c21-19(23-17-10-3-1-4-11-17)15-8-7-9-16(14-15)20(22)24-18-12-5-2-6-13-18;21-19(23-17-7-3-1-4-8-17)15-11-13-16(14-12-15)20(22)24-18-9-5-2-6-10-18;15-13(17)9-6-7-11(14(16)18)12(8-9)19-10-4-2-1-3-5-10;15-13(16)9-6-7-11(14(17)18)12(8-9)19-10-4-2-1-3-5-10;9-7(11)5-1-2-6(4-3-5)8(10)12;9-7(11)5-2-1-3-6(4-5)8(10)12;9-7(10)5-1-2-6(4-3-5)8(11)12;9-7(10)5-2-1-3-6(4-5)8(11)12/h2*1-14H;1-8H;1-8H,(H,15,16)(H,17,18);2*1-4H;2*1-4H,(H,9,10)(H,11,12). The van der Waals surface area contributed by atoms with E-state index in [9.17, 15) is 76.7 Å². The molecule has 34 heteroatoms. The number of carboxylic acids is 6. The van der Waals surface area contributed by atoms with Gasteiger partial charge >= 0.3 is 59.7 Å². The number of hydrogen-bond donors (Lipinski definition) is 6. The third kappa shape index (κ3) is 35.6. The van der Waals surface area contributed by atoms with Crippen molar-refractivity contribution in [1.82, 2.24) is 0 Å². The minimum Gasteiger partial charge on any atom is -0.478 e. The number of esters is 4. The topological polar surface area (TPSA) is 450 Å². The van der Waals surface area contributed by atoms with Crippen LogP contribution in [-0.4, -0.2) is 122 Å². The molecule has 0 bridgehead atoms. The van der Waals surface area contributed by atoms with Crippen LogP contribution in [0.3, 0.4) is 0 Å². The van der Waals surface area contributed by atoms with Gasteiger partial charge in [-0.15, -0.1) is 0 Å². The van der Waals surface area contributed by atoms with Crippen LogP contribution in [0.15, 0.2) is 364 Å². The smallest absolute Gasteiger partial charge is 0.343 e. The first-order chi connectivity index (χ1) is 64.0. The minimum atomic E-state index is -1.18. The van der Waals surface area contributed by atoms with Gasteiger partial charge < -0.3 is 59.1 Å². The first-order valence-corrected chi connectivity index (χ1v) is 40.3. The lowest BCUT2D eigenvalue weighted by Crippen LogP contribution is -2.12. The predicted molar refractivity (Wildman–Crippen MR) is 493 cm³/mol. The van der Waals surface area contributed by atoms with Gasteiger partial charge in [-0.2, -0.15) is 0 Å². The number of ether oxygens (including phenoxy) is 6. The molecule has 0 saturated heterocycles. The van der Waals surface area contributed by atoms with Crippen LogP contribution in [0.25, 0.3) is 0 Å². The molecule has 0 heterocycles. The van der Waals surface area contributed by atoms with Gasteiger partial charge in [-0.05, 0) is 294 Å². The Morgan fingerprint density at radius 1 is 0.164 bits per heavy atom. The molecule has 0 aromatic heterocycles. The van der Waals surface area contributed by atoms with E-state index in [1.165, 1.54) is 152 Å². The molecule has 0 saturated carbocycles. The Bertz CT molecular complexity index is 6000.